The van der Waals surface area contributed by atoms with E-state index in [0.717, 1.165) is 22.5 Å². The van der Waals surface area contributed by atoms with Gasteiger partial charge in [-0.25, -0.2) is 4.79 Å². The highest BCUT2D eigenvalue weighted by Gasteiger charge is 2.22. The molecule has 6 nitrogen and oxygen atoms in total. The van der Waals surface area contributed by atoms with Crippen LogP contribution in [0.15, 0.2) is 4.79 Å². The molecule has 0 fully saturated rings. The zero-order valence-corrected chi connectivity index (χ0v) is 12.1. The number of hydrogen-bond donors (Lipinski definition) is 3. The molecule has 0 amide bonds. The van der Waals surface area contributed by atoms with E-state index in [4.69, 9.17) is 4.74 Å². The summed E-state index contributed by atoms with van der Waals surface area (Å²) in [4.78, 5) is 26.7. The fourth-order valence-electron chi connectivity index (χ4n) is 2.47. The number of aryl methyl sites for hydroxylation is 1. The van der Waals surface area contributed by atoms with Gasteiger partial charge >= 0.3 is 5.97 Å². The number of hydrogen-bond acceptors (Lipinski definition) is 3. The predicted octanol–water partition coefficient (Wildman–Crippen LogP) is 2.05. The number of aromatic nitrogens is 3. The Morgan fingerprint density at radius 3 is 2.50 bits per heavy atom. The van der Waals surface area contributed by atoms with Crippen LogP contribution in [-0.4, -0.2) is 27.8 Å². The molecule has 0 unspecified atom stereocenters. The molecule has 2 aromatic heterocycles. The van der Waals surface area contributed by atoms with Crippen LogP contribution >= 0.6 is 0 Å². The largest absolute Gasteiger partial charge is 0.461 e. The number of esters is 1. The summed E-state index contributed by atoms with van der Waals surface area (Å²) < 4.78 is 5.02. The average Bonchev–Trinajstić information content (AvgIpc) is 2.90. The van der Waals surface area contributed by atoms with Crippen LogP contribution in [0, 0.1) is 13.8 Å². The molecule has 2 rings (SSSR count). The maximum absolute atomic E-state index is 11.9. The van der Waals surface area contributed by atoms with Crippen LogP contribution in [0.2, 0.25) is 0 Å². The number of rotatable bonds is 4. The van der Waals surface area contributed by atoms with Crippen molar-refractivity contribution in [2.24, 2.45) is 0 Å². The Kier molecular flexibility index (Phi) is 3.83. The van der Waals surface area contributed by atoms with Gasteiger partial charge in [0.1, 0.15) is 5.69 Å². The van der Waals surface area contributed by atoms with E-state index in [1.165, 1.54) is 0 Å². The van der Waals surface area contributed by atoms with Gasteiger partial charge in [-0.15, -0.1) is 0 Å². The first-order valence-electron chi connectivity index (χ1n) is 6.67. The van der Waals surface area contributed by atoms with Crippen molar-refractivity contribution in [1.82, 2.24) is 15.2 Å². The molecule has 2 heterocycles. The molecule has 0 radical (unpaired) electrons. The van der Waals surface area contributed by atoms with Gasteiger partial charge < -0.3 is 9.72 Å². The molecule has 20 heavy (non-hydrogen) atoms. The highest BCUT2D eigenvalue weighted by Crippen LogP contribution is 2.29. The lowest BCUT2D eigenvalue weighted by Gasteiger charge is -2.03. The summed E-state index contributed by atoms with van der Waals surface area (Å²) in [6.07, 6.45) is 0.618. The minimum absolute atomic E-state index is 0.125. The molecule has 0 spiro atoms. The summed E-state index contributed by atoms with van der Waals surface area (Å²) in [7, 11) is 0. The molecule has 0 aliphatic heterocycles. The SMILES string of the molecule is CCOC(=O)c1[nH]c(C)c(-c2[nH][nH]c(=O)c2CC)c1C. The van der Waals surface area contributed by atoms with Crippen molar-refractivity contribution in [2.75, 3.05) is 6.61 Å². The molecular formula is C14H19N3O3. The topological polar surface area (TPSA) is 90.7 Å². The molecule has 6 heteroatoms. The van der Waals surface area contributed by atoms with Gasteiger partial charge in [0.2, 0.25) is 0 Å². The van der Waals surface area contributed by atoms with E-state index < -0.39 is 0 Å². The van der Waals surface area contributed by atoms with E-state index in [-0.39, 0.29) is 11.5 Å². The van der Waals surface area contributed by atoms with E-state index >= 15 is 0 Å². The first kappa shape index (κ1) is 14.2. The molecule has 0 saturated carbocycles. The summed E-state index contributed by atoms with van der Waals surface area (Å²) in [5, 5.41) is 5.49. The van der Waals surface area contributed by atoms with Gasteiger partial charge in [-0.3, -0.25) is 15.0 Å². The fourth-order valence-corrected chi connectivity index (χ4v) is 2.47. The Labute approximate surface area is 116 Å². The van der Waals surface area contributed by atoms with Gasteiger partial charge in [0.15, 0.2) is 0 Å². The minimum Gasteiger partial charge on any atom is -0.461 e. The van der Waals surface area contributed by atoms with Gasteiger partial charge in [-0.05, 0) is 32.8 Å². The van der Waals surface area contributed by atoms with Gasteiger partial charge in [0.25, 0.3) is 5.56 Å². The maximum Gasteiger partial charge on any atom is 0.355 e. The van der Waals surface area contributed by atoms with E-state index in [9.17, 15) is 9.59 Å². The molecule has 0 bridgehead atoms. The van der Waals surface area contributed by atoms with E-state index in [0.29, 0.717) is 24.3 Å². The quantitative estimate of drug-likeness (QED) is 0.747. The van der Waals surface area contributed by atoms with E-state index in [1.807, 2.05) is 20.8 Å². The van der Waals surface area contributed by atoms with Crippen LogP contribution in [0.4, 0.5) is 0 Å². The third-order valence-corrected chi connectivity index (χ3v) is 3.40. The van der Waals surface area contributed by atoms with Gasteiger partial charge in [0, 0.05) is 16.8 Å². The van der Waals surface area contributed by atoms with Crippen molar-refractivity contribution < 1.29 is 9.53 Å². The predicted molar refractivity (Wildman–Crippen MR) is 76.0 cm³/mol. The van der Waals surface area contributed by atoms with Crippen molar-refractivity contribution >= 4 is 5.97 Å². The number of nitrogens with one attached hydrogen (secondary N) is 3. The third kappa shape index (κ3) is 2.17. The van der Waals surface area contributed by atoms with Crippen molar-refractivity contribution in [1.29, 1.82) is 0 Å². The molecule has 0 aromatic carbocycles. The van der Waals surface area contributed by atoms with Crippen molar-refractivity contribution in [2.45, 2.75) is 34.1 Å². The summed E-state index contributed by atoms with van der Waals surface area (Å²) in [6.45, 7) is 7.73. The van der Waals surface area contributed by atoms with Crippen molar-refractivity contribution in [3.63, 3.8) is 0 Å². The Morgan fingerprint density at radius 1 is 1.20 bits per heavy atom. The molecule has 0 saturated heterocycles. The standard InChI is InChI=1S/C14H19N3O3/c1-5-9-12(16-17-13(9)18)10-7(3)11(15-8(10)4)14(19)20-6-2/h15H,5-6H2,1-4H3,(H2,16,17,18). The zero-order chi connectivity index (χ0) is 14.9. The van der Waals surface area contributed by atoms with Crippen LogP contribution in [0.5, 0.6) is 0 Å². The summed E-state index contributed by atoms with van der Waals surface area (Å²) in [5.41, 5.74) is 4.19. The number of carbonyl (C=O) groups is 1. The van der Waals surface area contributed by atoms with Crippen LogP contribution in [0.3, 0.4) is 0 Å². The number of aromatic amines is 3. The van der Waals surface area contributed by atoms with E-state index in [1.54, 1.807) is 6.92 Å². The smallest absolute Gasteiger partial charge is 0.355 e. The highest BCUT2D eigenvalue weighted by atomic mass is 16.5. The van der Waals surface area contributed by atoms with Gasteiger partial charge in [0.05, 0.1) is 12.3 Å². The molecule has 0 aliphatic rings. The lowest BCUT2D eigenvalue weighted by atomic mass is 10.0. The van der Waals surface area contributed by atoms with Gasteiger partial charge in [-0.1, -0.05) is 6.92 Å². The molecule has 2 aromatic rings. The molecule has 3 N–H and O–H groups in total. The van der Waals surface area contributed by atoms with Gasteiger partial charge in [-0.2, -0.15) is 0 Å². The molecular weight excluding hydrogens is 258 g/mol. The second kappa shape index (κ2) is 5.40. The lowest BCUT2D eigenvalue weighted by molar-refractivity contribution is 0.0519. The molecule has 0 aliphatic carbocycles. The van der Waals surface area contributed by atoms with Crippen LogP contribution in [0.25, 0.3) is 11.3 Å². The Hall–Kier alpha value is -2.24. The zero-order valence-electron chi connectivity index (χ0n) is 12.1. The summed E-state index contributed by atoms with van der Waals surface area (Å²) in [6, 6.07) is 0. The molecule has 0 atom stereocenters. The fraction of sp³-hybridized carbons (Fsp3) is 0.429. The van der Waals surface area contributed by atoms with Crippen LogP contribution in [-0.2, 0) is 11.2 Å². The van der Waals surface area contributed by atoms with Crippen molar-refractivity contribution in [3.05, 3.63) is 32.9 Å². The Bertz CT molecular complexity index is 691. The number of H-pyrrole nitrogens is 3. The average molecular weight is 277 g/mol. The van der Waals surface area contributed by atoms with Crippen LogP contribution < -0.4 is 5.56 Å². The number of ether oxygens (including phenoxy) is 1. The first-order valence-corrected chi connectivity index (χ1v) is 6.67. The van der Waals surface area contributed by atoms with Crippen LogP contribution in [0.1, 0.15) is 41.2 Å². The summed E-state index contributed by atoms with van der Waals surface area (Å²) in [5.74, 6) is -0.379. The first-order chi connectivity index (χ1) is 9.51. The third-order valence-electron chi connectivity index (χ3n) is 3.40. The molecule has 108 valence electrons. The number of carbonyl (C=O) groups excluding carboxylic acids is 1. The second-order valence-electron chi connectivity index (χ2n) is 4.63. The second-order valence-corrected chi connectivity index (χ2v) is 4.63. The van der Waals surface area contributed by atoms with Crippen molar-refractivity contribution in [3.8, 4) is 11.3 Å². The lowest BCUT2D eigenvalue weighted by Crippen LogP contribution is -2.06. The highest BCUT2D eigenvalue weighted by molar-refractivity contribution is 5.92. The monoisotopic (exact) mass is 277 g/mol. The maximum atomic E-state index is 11.9. The summed E-state index contributed by atoms with van der Waals surface area (Å²) >= 11 is 0. The minimum atomic E-state index is -0.379. The Morgan fingerprint density at radius 2 is 1.90 bits per heavy atom. The Balaban J connectivity index is 2.58. The normalized spacial score (nSPS) is 10.8. The van der Waals surface area contributed by atoms with E-state index in [2.05, 4.69) is 15.2 Å².